The second-order valence-electron chi connectivity index (χ2n) is 11.1. The molecule has 4 aromatic rings. The fourth-order valence-corrected chi connectivity index (χ4v) is 4.20. The van der Waals surface area contributed by atoms with Crippen LogP contribution in [-0.4, -0.2) is 47.8 Å². The number of nitrogens with one attached hydrogen (secondary N) is 3. The number of amides is 2. The van der Waals surface area contributed by atoms with E-state index >= 15 is 0 Å². The second kappa shape index (κ2) is 13.7. The van der Waals surface area contributed by atoms with Gasteiger partial charge in [-0.25, -0.2) is 14.8 Å². The largest absolute Gasteiger partial charge is 0.493 e. The molecule has 13 heteroatoms. The summed E-state index contributed by atoms with van der Waals surface area (Å²) in [6, 6.07) is 12.8. The van der Waals surface area contributed by atoms with Crippen LogP contribution in [0.15, 0.2) is 60.9 Å². The number of alkyl halides is 3. The Balaban J connectivity index is 1.47. The molecule has 0 aliphatic carbocycles. The molecule has 1 heterocycles. The maximum absolute atomic E-state index is 13.1. The molecule has 0 fully saturated rings. The van der Waals surface area contributed by atoms with Crippen molar-refractivity contribution in [3.8, 4) is 11.5 Å². The third-order valence-electron chi connectivity index (χ3n) is 6.37. The van der Waals surface area contributed by atoms with Crippen LogP contribution in [0.1, 0.15) is 48.7 Å². The summed E-state index contributed by atoms with van der Waals surface area (Å²) in [5.74, 6) is 0.679. The zero-order chi connectivity index (χ0) is 32.8. The summed E-state index contributed by atoms with van der Waals surface area (Å²) >= 11 is 0. The Morgan fingerprint density at radius 1 is 0.956 bits per heavy atom. The molecule has 45 heavy (non-hydrogen) atoms. The first-order valence-electron chi connectivity index (χ1n) is 14.0. The van der Waals surface area contributed by atoms with E-state index < -0.39 is 29.3 Å². The Morgan fingerprint density at radius 2 is 1.73 bits per heavy atom. The van der Waals surface area contributed by atoms with Crippen LogP contribution in [0.4, 0.5) is 35.2 Å². The lowest BCUT2D eigenvalue weighted by molar-refractivity contribution is -0.137. The second-order valence-corrected chi connectivity index (χ2v) is 11.1. The van der Waals surface area contributed by atoms with Gasteiger partial charge < -0.3 is 30.2 Å². The van der Waals surface area contributed by atoms with Crippen molar-refractivity contribution < 1.29 is 37.0 Å². The van der Waals surface area contributed by atoms with Crippen LogP contribution < -0.4 is 25.4 Å². The highest BCUT2D eigenvalue weighted by Crippen LogP contribution is 2.36. The van der Waals surface area contributed by atoms with E-state index in [0.29, 0.717) is 59.2 Å². The minimum atomic E-state index is -4.56. The number of hydrogen-bond donors (Lipinski definition) is 3. The van der Waals surface area contributed by atoms with Crippen LogP contribution in [-0.2, 0) is 10.9 Å². The number of rotatable bonds is 10. The summed E-state index contributed by atoms with van der Waals surface area (Å²) in [5, 5.41) is 9.22. The minimum absolute atomic E-state index is 0.119. The molecule has 3 aromatic carbocycles. The van der Waals surface area contributed by atoms with Gasteiger partial charge in [-0.2, -0.15) is 13.2 Å². The quantitative estimate of drug-likeness (QED) is 0.158. The molecule has 10 nitrogen and oxygen atoms in total. The minimum Gasteiger partial charge on any atom is -0.493 e. The van der Waals surface area contributed by atoms with Crippen molar-refractivity contribution in [2.75, 3.05) is 30.9 Å². The van der Waals surface area contributed by atoms with Gasteiger partial charge in [0.15, 0.2) is 11.5 Å². The maximum Gasteiger partial charge on any atom is 0.416 e. The van der Waals surface area contributed by atoms with Crippen LogP contribution in [0.5, 0.6) is 11.5 Å². The fourth-order valence-electron chi connectivity index (χ4n) is 4.20. The normalized spacial score (nSPS) is 11.6. The van der Waals surface area contributed by atoms with Crippen LogP contribution in [0, 0.1) is 6.92 Å². The van der Waals surface area contributed by atoms with Gasteiger partial charge in [0.05, 0.1) is 24.8 Å². The van der Waals surface area contributed by atoms with Crippen molar-refractivity contribution in [1.29, 1.82) is 0 Å². The highest BCUT2D eigenvalue weighted by Gasteiger charge is 2.31. The molecule has 0 unspecified atom stereocenters. The number of carbonyl (C=O) groups is 2. The van der Waals surface area contributed by atoms with E-state index in [2.05, 4.69) is 25.9 Å². The van der Waals surface area contributed by atoms with E-state index in [0.717, 1.165) is 17.7 Å². The van der Waals surface area contributed by atoms with Crippen molar-refractivity contribution >= 4 is 40.1 Å². The molecule has 238 valence electrons. The van der Waals surface area contributed by atoms with Gasteiger partial charge in [0, 0.05) is 34.9 Å². The van der Waals surface area contributed by atoms with Crippen molar-refractivity contribution in [1.82, 2.24) is 15.3 Å². The number of hydrogen-bond acceptors (Lipinski definition) is 8. The molecule has 0 saturated heterocycles. The molecule has 3 N–H and O–H groups in total. The average molecular weight is 626 g/mol. The molecule has 0 spiro atoms. The Hall–Kier alpha value is -5.07. The first kappa shape index (κ1) is 32.8. The zero-order valence-corrected chi connectivity index (χ0v) is 25.5. The van der Waals surface area contributed by atoms with E-state index in [1.165, 1.54) is 25.6 Å². The maximum atomic E-state index is 13.1. The SMILES string of the molecule is COc1cc2c(Nc3cc(NC(=O)c4cccc(C(F)(F)F)c4)ccc3C)ncnc2cc1OCCCNC(=O)OC(C)(C)C. The lowest BCUT2D eigenvalue weighted by Crippen LogP contribution is -2.33. The van der Waals surface area contributed by atoms with Gasteiger partial charge >= 0.3 is 12.3 Å². The molecule has 0 bridgehead atoms. The number of benzene rings is 3. The third kappa shape index (κ3) is 8.97. The Labute approximate surface area is 258 Å². The van der Waals surface area contributed by atoms with Crippen molar-refractivity contribution in [2.45, 2.75) is 45.9 Å². The Bertz CT molecular complexity index is 1690. The van der Waals surface area contributed by atoms with Gasteiger partial charge in [-0.05, 0) is 76.1 Å². The number of halogens is 3. The lowest BCUT2D eigenvalue weighted by Gasteiger charge is -2.19. The van der Waals surface area contributed by atoms with E-state index in [-0.39, 0.29) is 5.56 Å². The average Bonchev–Trinajstić information content (AvgIpc) is 2.97. The summed E-state index contributed by atoms with van der Waals surface area (Å²) in [6.45, 7) is 7.88. The van der Waals surface area contributed by atoms with Gasteiger partial charge in [0.1, 0.15) is 17.7 Å². The van der Waals surface area contributed by atoms with Crippen molar-refractivity contribution in [3.63, 3.8) is 0 Å². The molecule has 0 atom stereocenters. The monoisotopic (exact) mass is 625 g/mol. The van der Waals surface area contributed by atoms with Crippen LogP contribution in [0.25, 0.3) is 10.9 Å². The summed E-state index contributed by atoms with van der Waals surface area (Å²) in [6.07, 6.45) is -3.15. The number of anilines is 3. The lowest BCUT2D eigenvalue weighted by atomic mass is 10.1. The third-order valence-corrected chi connectivity index (χ3v) is 6.37. The van der Waals surface area contributed by atoms with Gasteiger partial charge in [-0.3, -0.25) is 4.79 Å². The van der Waals surface area contributed by atoms with Crippen molar-refractivity contribution in [3.05, 3.63) is 77.6 Å². The van der Waals surface area contributed by atoms with Gasteiger partial charge in [-0.15, -0.1) is 0 Å². The predicted octanol–water partition coefficient (Wildman–Crippen LogP) is 7.26. The molecule has 0 saturated carbocycles. The number of aryl methyl sites for hydroxylation is 1. The first-order valence-corrected chi connectivity index (χ1v) is 14.0. The van der Waals surface area contributed by atoms with Crippen LogP contribution in [0.3, 0.4) is 0 Å². The van der Waals surface area contributed by atoms with Gasteiger partial charge in [-0.1, -0.05) is 12.1 Å². The standard InChI is InChI=1S/C32H34F3N5O5/c1-19-10-11-22(39-29(41)20-8-6-9-21(14-20)32(33,34)35)15-24(19)40-28-23-16-26(43-5)27(17-25(23)37-18-38-28)44-13-7-12-36-30(42)45-31(2,3)4/h6,8-11,14-18H,7,12-13H2,1-5H3,(H,36,42)(H,39,41)(H,37,38,40). The van der Waals surface area contributed by atoms with E-state index in [4.69, 9.17) is 14.2 Å². The van der Waals surface area contributed by atoms with E-state index in [9.17, 15) is 22.8 Å². The number of aromatic nitrogens is 2. The predicted molar refractivity (Wildman–Crippen MR) is 164 cm³/mol. The molecule has 4 rings (SSSR count). The Kier molecular flexibility index (Phi) is 10.00. The molecule has 1 aromatic heterocycles. The molecular formula is C32H34F3N5O5. The van der Waals surface area contributed by atoms with E-state index in [1.54, 1.807) is 51.1 Å². The van der Waals surface area contributed by atoms with Gasteiger partial charge in [0.2, 0.25) is 0 Å². The molecule has 0 aliphatic heterocycles. The molecule has 0 radical (unpaired) electrons. The summed E-state index contributed by atoms with van der Waals surface area (Å²) in [4.78, 5) is 33.3. The number of methoxy groups -OCH3 is 1. The van der Waals surface area contributed by atoms with E-state index in [1.807, 2.05) is 6.92 Å². The molecular weight excluding hydrogens is 591 g/mol. The summed E-state index contributed by atoms with van der Waals surface area (Å²) in [7, 11) is 1.51. The van der Waals surface area contributed by atoms with Crippen LogP contribution >= 0.6 is 0 Å². The zero-order valence-electron chi connectivity index (χ0n) is 25.5. The molecule has 2 amide bonds. The summed E-state index contributed by atoms with van der Waals surface area (Å²) in [5.41, 5.74) is 0.767. The smallest absolute Gasteiger partial charge is 0.416 e. The topological polar surface area (TPSA) is 124 Å². The van der Waals surface area contributed by atoms with Crippen molar-refractivity contribution in [2.24, 2.45) is 0 Å². The first-order chi connectivity index (χ1) is 21.2. The number of ether oxygens (including phenoxy) is 3. The summed E-state index contributed by atoms with van der Waals surface area (Å²) < 4.78 is 56.0. The highest BCUT2D eigenvalue weighted by molar-refractivity contribution is 6.04. The van der Waals surface area contributed by atoms with Crippen LogP contribution in [0.2, 0.25) is 0 Å². The number of carbonyl (C=O) groups excluding carboxylic acids is 2. The highest BCUT2D eigenvalue weighted by atomic mass is 19.4. The number of fused-ring (bicyclic) bond motifs is 1. The number of nitrogens with zero attached hydrogens (tertiary/aromatic N) is 2. The molecule has 0 aliphatic rings. The Morgan fingerprint density at radius 3 is 2.44 bits per heavy atom. The fraction of sp³-hybridized carbons (Fsp3) is 0.312. The van der Waals surface area contributed by atoms with Gasteiger partial charge in [0.25, 0.3) is 5.91 Å². The number of alkyl carbamates (subject to hydrolysis) is 1.